The summed E-state index contributed by atoms with van der Waals surface area (Å²) in [5, 5.41) is 0. The van der Waals surface area contributed by atoms with E-state index < -0.39 is 10.0 Å². The second kappa shape index (κ2) is 9.24. The molecule has 0 aliphatic carbocycles. The van der Waals surface area contributed by atoms with Gasteiger partial charge in [0.2, 0.25) is 10.0 Å². The van der Waals surface area contributed by atoms with Gasteiger partial charge in [0.1, 0.15) is 5.75 Å². The molecule has 130 valence electrons. The highest BCUT2D eigenvalue weighted by molar-refractivity contribution is 9.10. The minimum Gasteiger partial charge on any atom is -0.496 e. The normalized spacial score (nSPS) is 11.5. The maximum atomic E-state index is 12.3. The smallest absolute Gasteiger partial charge is 0.240 e. The summed E-state index contributed by atoms with van der Waals surface area (Å²) in [6, 6.07) is 12.7. The summed E-state index contributed by atoms with van der Waals surface area (Å²) in [5.74, 6) is 2.12. The number of thioether (sulfide) groups is 1. The van der Waals surface area contributed by atoms with Crippen molar-refractivity contribution in [2.45, 2.75) is 10.6 Å². The lowest BCUT2D eigenvalue weighted by Gasteiger charge is -2.09. The Morgan fingerprint density at radius 3 is 2.54 bits per heavy atom. The molecular formula is C16H17Br2NO3S2. The molecule has 0 aliphatic heterocycles. The molecule has 4 nitrogen and oxygen atoms in total. The summed E-state index contributed by atoms with van der Waals surface area (Å²) in [4.78, 5) is 0.214. The zero-order valence-corrected chi connectivity index (χ0v) is 17.8. The number of halogens is 2. The van der Waals surface area contributed by atoms with Gasteiger partial charge in [0.05, 0.1) is 16.5 Å². The van der Waals surface area contributed by atoms with Crippen molar-refractivity contribution in [3.8, 4) is 5.75 Å². The Morgan fingerprint density at radius 2 is 1.88 bits per heavy atom. The highest BCUT2D eigenvalue weighted by Gasteiger charge is 2.15. The number of hydrogen-bond donors (Lipinski definition) is 1. The minimum absolute atomic E-state index is 0.214. The van der Waals surface area contributed by atoms with Gasteiger partial charge < -0.3 is 4.74 Å². The van der Waals surface area contributed by atoms with E-state index in [4.69, 9.17) is 4.74 Å². The molecule has 0 heterocycles. The molecule has 0 bridgehead atoms. The van der Waals surface area contributed by atoms with E-state index in [1.165, 1.54) is 24.8 Å². The third kappa shape index (κ3) is 5.49. The molecule has 1 N–H and O–H groups in total. The average Bonchev–Trinajstić information content (AvgIpc) is 2.56. The van der Waals surface area contributed by atoms with Gasteiger partial charge in [0.15, 0.2) is 0 Å². The quantitative estimate of drug-likeness (QED) is 0.551. The summed E-state index contributed by atoms with van der Waals surface area (Å²) < 4.78 is 34.0. The fourth-order valence-electron chi connectivity index (χ4n) is 1.94. The Kier molecular flexibility index (Phi) is 7.61. The van der Waals surface area contributed by atoms with E-state index in [1.807, 2.05) is 18.2 Å². The molecule has 0 aromatic heterocycles. The standard InChI is InChI=1S/C16H17Br2NO3S2/c1-22-16-7-6-13(10-15(16)18)24(20,21)19-8-9-23-11-12-4-2-3-5-14(12)17/h2-7,10,19H,8-9,11H2,1H3. The molecule has 0 radical (unpaired) electrons. The molecule has 8 heteroatoms. The van der Waals surface area contributed by atoms with Crippen molar-refractivity contribution in [2.24, 2.45) is 0 Å². The molecule has 0 spiro atoms. The van der Waals surface area contributed by atoms with Crippen LogP contribution in [0.1, 0.15) is 5.56 Å². The van der Waals surface area contributed by atoms with Crippen molar-refractivity contribution in [2.75, 3.05) is 19.4 Å². The van der Waals surface area contributed by atoms with Gasteiger partial charge in [-0.1, -0.05) is 34.1 Å². The van der Waals surface area contributed by atoms with Crippen LogP contribution in [-0.2, 0) is 15.8 Å². The Labute approximate surface area is 163 Å². The molecule has 0 unspecified atom stereocenters. The van der Waals surface area contributed by atoms with E-state index >= 15 is 0 Å². The lowest BCUT2D eigenvalue weighted by atomic mass is 10.2. The van der Waals surface area contributed by atoms with Gasteiger partial charge in [-0.25, -0.2) is 13.1 Å². The Hall–Kier alpha value is -0.540. The van der Waals surface area contributed by atoms with E-state index in [0.29, 0.717) is 22.5 Å². The average molecular weight is 495 g/mol. The van der Waals surface area contributed by atoms with Gasteiger partial charge in [-0.05, 0) is 45.8 Å². The first kappa shape index (κ1) is 19.8. The molecule has 0 atom stereocenters. The lowest BCUT2D eigenvalue weighted by molar-refractivity contribution is 0.411. The molecule has 2 rings (SSSR count). The van der Waals surface area contributed by atoms with Crippen LogP contribution in [-0.4, -0.2) is 27.8 Å². The molecular weight excluding hydrogens is 478 g/mol. The first-order valence-corrected chi connectivity index (χ1v) is 11.3. The Morgan fingerprint density at radius 1 is 1.12 bits per heavy atom. The fraction of sp³-hybridized carbons (Fsp3) is 0.250. The number of ether oxygens (including phenoxy) is 1. The van der Waals surface area contributed by atoms with Crippen LogP contribution in [0.5, 0.6) is 5.75 Å². The van der Waals surface area contributed by atoms with E-state index in [0.717, 1.165) is 10.2 Å². The molecule has 0 aliphatic rings. The van der Waals surface area contributed by atoms with Crippen LogP contribution >= 0.6 is 43.6 Å². The third-order valence-corrected chi connectivity index (χ3v) is 7.05. The monoisotopic (exact) mass is 493 g/mol. The van der Waals surface area contributed by atoms with Gasteiger partial charge >= 0.3 is 0 Å². The second-order valence-electron chi connectivity index (χ2n) is 4.84. The van der Waals surface area contributed by atoms with E-state index in [2.05, 4.69) is 42.6 Å². The molecule has 24 heavy (non-hydrogen) atoms. The molecule has 0 saturated carbocycles. The zero-order chi connectivity index (χ0) is 17.6. The third-order valence-electron chi connectivity index (χ3n) is 3.19. The number of nitrogens with one attached hydrogen (secondary N) is 1. The lowest BCUT2D eigenvalue weighted by Crippen LogP contribution is -2.26. The zero-order valence-electron chi connectivity index (χ0n) is 13.0. The second-order valence-corrected chi connectivity index (χ2v) is 9.42. The van der Waals surface area contributed by atoms with Crippen molar-refractivity contribution in [3.05, 3.63) is 57.0 Å². The topological polar surface area (TPSA) is 55.4 Å². The number of methoxy groups -OCH3 is 1. The number of rotatable bonds is 8. The van der Waals surface area contributed by atoms with Crippen LogP contribution in [0.15, 0.2) is 56.3 Å². The van der Waals surface area contributed by atoms with E-state index in [9.17, 15) is 8.42 Å². The number of sulfonamides is 1. The predicted octanol–water partition coefficient (Wildman–Crippen LogP) is 4.43. The van der Waals surface area contributed by atoms with Gasteiger partial charge in [0.25, 0.3) is 0 Å². The summed E-state index contributed by atoms with van der Waals surface area (Å²) in [5.41, 5.74) is 1.20. The summed E-state index contributed by atoms with van der Waals surface area (Å²) in [7, 11) is -1.98. The maximum Gasteiger partial charge on any atom is 0.240 e. The Balaban J connectivity index is 1.85. The molecule has 0 amide bonds. The van der Waals surface area contributed by atoms with Crippen LogP contribution in [0.3, 0.4) is 0 Å². The first-order chi connectivity index (χ1) is 11.4. The van der Waals surface area contributed by atoms with Crippen molar-refractivity contribution in [1.29, 1.82) is 0 Å². The SMILES string of the molecule is COc1ccc(S(=O)(=O)NCCSCc2ccccc2Br)cc1Br. The van der Waals surface area contributed by atoms with E-state index in [1.54, 1.807) is 17.8 Å². The van der Waals surface area contributed by atoms with Crippen LogP contribution < -0.4 is 9.46 Å². The van der Waals surface area contributed by atoms with Crippen LogP contribution in [0.4, 0.5) is 0 Å². The van der Waals surface area contributed by atoms with Gasteiger partial charge in [-0.2, -0.15) is 11.8 Å². The van der Waals surface area contributed by atoms with Gasteiger partial charge in [-0.15, -0.1) is 0 Å². The maximum absolute atomic E-state index is 12.3. The number of benzene rings is 2. The highest BCUT2D eigenvalue weighted by atomic mass is 79.9. The Bertz CT molecular complexity index is 798. The van der Waals surface area contributed by atoms with Gasteiger partial charge in [0, 0.05) is 22.5 Å². The van der Waals surface area contributed by atoms with Gasteiger partial charge in [-0.3, -0.25) is 0 Å². The fourth-order valence-corrected chi connectivity index (χ4v) is 5.30. The van der Waals surface area contributed by atoms with Crippen molar-refractivity contribution in [1.82, 2.24) is 4.72 Å². The van der Waals surface area contributed by atoms with Crippen LogP contribution in [0.25, 0.3) is 0 Å². The predicted molar refractivity (Wildman–Crippen MR) is 106 cm³/mol. The molecule has 2 aromatic rings. The van der Waals surface area contributed by atoms with Crippen LogP contribution in [0, 0.1) is 0 Å². The van der Waals surface area contributed by atoms with Crippen molar-refractivity contribution < 1.29 is 13.2 Å². The summed E-state index contributed by atoms with van der Waals surface area (Å²) in [6.45, 7) is 0.376. The van der Waals surface area contributed by atoms with Crippen molar-refractivity contribution >= 4 is 53.6 Å². The summed E-state index contributed by atoms with van der Waals surface area (Å²) >= 11 is 8.49. The highest BCUT2D eigenvalue weighted by Crippen LogP contribution is 2.27. The first-order valence-electron chi connectivity index (χ1n) is 7.08. The molecule has 0 fully saturated rings. The minimum atomic E-state index is -3.52. The molecule has 0 saturated heterocycles. The summed E-state index contributed by atoms with van der Waals surface area (Å²) in [6.07, 6.45) is 0. The van der Waals surface area contributed by atoms with Crippen LogP contribution in [0.2, 0.25) is 0 Å². The molecule has 2 aromatic carbocycles. The largest absolute Gasteiger partial charge is 0.496 e. The van der Waals surface area contributed by atoms with E-state index in [-0.39, 0.29) is 4.90 Å². The van der Waals surface area contributed by atoms with Crippen molar-refractivity contribution in [3.63, 3.8) is 0 Å². The number of hydrogen-bond acceptors (Lipinski definition) is 4.